The van der Waals surface area contributed by atoms with Gasteiger partial charge in [-0.1, -0.05) is 6.92 Å². The van der Waals surface area contributed by atoms with E-state index in [4.69, 9.17) is 9.47 Å². The highest BCUT2D eigenvalue weighted by Gasteiger charge is 2.21. The van der Waals surface area contributed by atoms with E-state index in [-0.39, 0.29) is 11.7 Å². The van der Waals surface area contributed by atoms with Gasteiger partial charge in [0.15, 0.2) is 11.5 Å². The van der Waals surface area contributed by atoms with Crippen LogP contribution >= 0.6 is 0 Å². The van der Waals surface area contributed by atoms with Gasteiger partial charge in [0.2, 0.25) is 6.79 Å². The monoisotopic (exact) mass is 375 g/mol. The van der Waals surface area contributed by atoms with Gasteiger partial charge in [-0.05, 0) is 43.0 Å². The summed E-state index contributed by atoms with van der Waals surface area (Å²) in [6, 6.07) is 8.14. The molecule has 138 valence electrons. The first kappa shape index (κ1) is 17.0. The van der Waals surface area contributed by atoms with E-state index in [1.807, 2.05) is 6.07 Å². The van der Waals surface area contributed by atoms with Crippen LogP contribution in [0.2, 0.25) is 0 Å². The van der Waals surface area contributed by atoms with Gasteiger partial charge in [0, 0.05) is 19.2 Å². The van der Waals surface area contributed by atoms with Gasteiger partial charge in [0.25, 0.3) is 10.0 Å². The maximum atomic E-state index is 12.6. The first-order chi connectivity index (χ1) is 12.5. The molecule has 8 heteroatoms. The van der Waals surface area contributed by atoms with E-state index in [0.29, 0.717) is 23.1 Å². The Balaban J connectivity index is 1.49. The summed E-state index contributed by atoms with van der Waals surface area (Å²) >= 11 is 0. The Hall–Kier alpha value is -2.48. The molecule has 1 N–H and O–H groups in total. The predicted octanol–water partition coefficient (Wildman–Crippen LogP) is 2.85. The molecule has 1 saturated heterocycles. The molecular formula is C18H21N3O4S. The molecular weight excluding hydrogens is 354 g/mol. The van der Waals surface area contributed by atoms with Crippen LogP contribution in [-0.2, 0) is 10.0 Å². The highest BCUT2D eigenvalue weighted by atomic mass is 32.2. The minimum absolute atomic E-state index is 0.104. The highest BCUT2D eigenvalue weighted by Crippen LogP contribution is 2.34. The van der Waals surface area contributed by atoms with Gasteiger partial charge in [0.1, 0.15) is 5.82 Å². The fourth-order valence-electron chi connectivity index (χ4n) is 3.29. The first-order valence-corrected chi connectivity index (χ1v) is 10.1. The SMILES string of the molecule is CC1CCCN(c2ccc(NS(=O)(=O)c3ccc4c(c3)OCO4)cn2)C1. The molecule has 4 rings (SSSR count). The molecule has 0 saturated carbocycles. The number of rotatable bonds is 4. The van der Waals surface area contributed by atoms with Crippen molar-refractivity contribution >= 4 is 21.5 Å². The van der Waals surface area contributed by atoms with Crippen molar-refractivity contribution in [2.24, 2.45) is 5.92 Å². The summed E-state index contributed by atoms with van der Waals surface area (Å²) in [5.41, 5.74) is 0.427. The van der Waals surface area contributed by atoms with Crippen molar-refractivity contribution in [1.29, 1.82) is 0 Å². The summed E-state index contributed by atoms with van der Waals surface area (Å²) in [4.78, 5) is 6.79. The lowest BCUT2D eigenvalue weighted by Gasteiger charge is -2.31. The maximum Gasteiger partial charge on any atom is 0.262 e. The third-order valence-electron chi connectivity index (χ3n) is 4.64. The van der Waals surface area contributed by atoms with E-state index in [2.05, 4.69) is 21.5 Å². The van der Waals surface area contributed by atoms with Gasteiger partial charge < -0.3 is 14.4 Å². The van der Waals surface area contributed by atoms with Crippen LogP contribution in [0.4, 0.5) is 11.5 Å². The Labute approximate surface area is 153 Å². The number of fused-ring (bicyclic) bond motifs is 1. The highest BCUT2D eigenvalue weighted by molar-refractivity contribution is 7.92. The number of piperidine rings is 1. The van der Waals surface area contributed by atoms with Crippen LogP contribution in [0.1, 0.15) is 19.8 Å². The molecule has 2 aliphatic rings. The number of hydrogen-bond donors (Lipinski definition) is 1. The number of benzene rings is 1. The molecule has 0 aliphatic carbocycles. The molecule has 26 heavy (non-hydrogen) atoms. The molecule has 1 unspecified atom stereocenters. The number of anilines is 2. The van der Waals surface area contributed by atoms with Gasteiger partial charge >= 0.3 is 0 Å². The van der Waals surface area contributed by atoms with Crippen molar-refractivity contribution in [3.63, 3.8) is 0 Å². The number of aromatic nitrogens is 1. The Morgan fingerprint density at radius 2 is 2.04 bits per heavy atom. The van der Waals surface area contributed by atoms with E-state index < -0.39 is 10.0 Å². The van der Waals surface area contributed by atoms with Crippen LogP contribution in [0.3, 0.4) is 0 Å². The number of pyridine rings is 1. The summed E-state index contributed by atoms with van der Waals surface area (Å²) in [6.07, 6.45) is 3.95. The minimum Gasteiger partial charge on any atom is -0.454 e. The number of hydrogen-bond acceptors (Lipinski definition) is 6. The van der Waals surface area contributed by atoms with E-state index in [1.165, 1.54) is 18.6 Å². The molecule has 1 fully saturated rings. The predicted molar refractivity (Wildman–Crippen MR) is 98.2 cm³/mol. The molecule has 1 aromatic heterocycles. The second kappa shape index (κ2) is 6.68. The third-order valence-corrected chi connectivity index (χ3v) is 6.01. The molecule has 2 aromatic rings. The zero-order valence-corrected chi connectivity index (χ0v) is 15.3. The third kappa shape index (κ3) is 3.41. The van der Waals surface area contributed by atoms with E-state index >= 15 is 0 Å². The Bertz CT molecular complexity index is 899. The Kier molecular flexibility index (Phi) is 4.36. The average molecular weight is 375 g/mol. The summed E-state index contributed by atoms with van der Waals surface area (Å²) in [6.45, 7) is 4.31. The average Bonchev–Trinajstić information content (AvgIpc) is 3.10. The van der Waals surface area contributed by atoms with Crippen LogP contribution < -0.4 is 19.1 Å². The van der Waals surface area contributed by atoms with E-state index in [0.717, 1.165) is 25.3 Å². The van der Waals surface area contributed by atoms with Gasteiger partial charge in [0.05, 0.1) is 16.8 Å². The summed E-state index contributed by atoms with van der Waals surface area (Å²) in [5, 5.41) is 0. The summed E-state index contributed by atoms with van der Waals surface area (Å²) < 4.78 is 38.2. The lowest BCUT2D eigenvalue weighted by Crippen LogP contribution is -2.34. The van der Waals surface area contributed by atoms with Crippen molar-refractivity contribution in [1.82, 2.24) is 4.98 Å². The number of nitrogens with zero attached hydrogens (tertiary/aromatic N) is 2. The summed E-state index contributed by atoms with van der Waals surface area (Å²) in [5.74, 6) is 2.50. The fraction of sp³-hybridized carbons (Fsp3) is 0.389. The normalized spacial score (nSPS) is 19.4. The van der Waals surface area contributed by atoms with Crippen LogP contribution in [-0.4, -0.2) is 33.3 Å². The van der Waals surface area contributed by atoms with Crippen molar-refractivity contribution in [3.8, 4) is 11.5 Å². The van der Waals surface area contributed by atoms with Crippen LogP contribution in [0, 0.1) is 5.92 Å². The lowest BCUT2D eigenvalue weighted by molar-refractivity contribution is 0.174. The zero-order valence-electron chi connectivity index (χ0n) is 14.5. The Morgan fingerprint density at radius 3 is 2.81 bits per heavy atom. The van der Waals surface area contributed by atoms with Crippen molar-refractivity contribution in [2.75, 3.05) is 29.5 Å². The quantitative estimate of drug-likeness (QED) is 0.885. The number of nitrogens with one attached hydrogen (secondary N) is 1. The molecule has 0 spiro atoms. The second-order valence-electron chi connectivity index (χ2n) is 6.72. The largest absolute Gasteiger partial charge is 0.454 e. The van der Waals surface area contributed by atoms with Crippen LogP contribution in [0.5, 0.6) is 11.5 Å². The van der Waals surface area contributed by atoms with Crippen LogP contribution in [0.15, 0.2) is 41.4 Å². The Morgan fingerprint density at radius 1 is 1.19 bits per heavy atom. The molecule has 3 heterocycles. The van der Waals surface area contributed by atoms with Gasteiger partial charge in [-0.15, -0.1) is 0 Å². The number of ether oxygens (including phenoxy) is 2. The topological polar surface area (TPSA) is 80.8 Å². The fourth-order valence-corrected chi connectivity index (χ4v) is 4.35. The smallest absolute Gasteiger partial charge is 0.262 e. The molecule has 0 amide bonds. The van der Waals surface area contributed by atoms with Crippen molar-refractivity contribution < 1.29 is 17.9 Å². The lowest BCUT2D eigenvalue weighted by atomic mass is 10.0. The van der Waals surface area contributed by atoms with E-state index in [9.17, 15) is 8.42 Å². The minimum atomic E-state index is -3.72. The molecule has 0 radical (unpaired) electrons. The zero-order chi connectivity index (χ0) is 18.1. The first-order valence-electron chi connectivity index (χ1n) is 8.65. The molecule has 1 atom stereocenters. The van der Waals surface area contributed by atoms with E-state index in [1.54, 1.807) is 18.3 Å². The van der Waals surface area contributed by atoms with Crippen molar-refractivity contribution in [2.45, 2.75) is 24.7 Å². The molecule has 1 aromatic carbocycles. The molecule has 0 bridgehead atoms. The van der Waals surface area contributed by atoms with Crippen LogP contribution in [0.25, 0.3) is 0 Å². The second-order valence-corrected chi connectivity index (χ2v) is 8.40. The maximum absolute atomic E-state index is 12.6. The summed E-state index contributed by atoms with van der Waals surface area (Å²) in [7, 11) is -3.72. The standard InChI is InChI=1S/C18H21N3O4S/c1-13-3-2-8-21(11-13)18-7-4-14(10-19-18)20-26(22,23)15-5-6-16-17(9-15)25-12-24-16/h4-7,9-10,13,20H,2-3,8,11-12H2,1H3. The molecule has 7 nitrogen and oxygen atoms in total. The van der Waals surface area contributed by atoms with Gasteiger partial charge in [-0.25, -0.2) is 13.4 Å². The number of sulfonamides is 1. The molecule has 2 aliphatic heterocycles. The van der Waals surface area contributed by atoms with Gasteiger partial charge in [-0.2, -0.15) is 0 Å². The van der Waals surface area contributed by atoms with Gasteiger partial charge in [-0.3, -0.25) is 4.72 Å². The van der Waals surface area contributed by atoms with Crippen molar-refractivity contribution in [3.05, 3.63) is 36.5 Å².